The summed E-state index contributed by atoms with van der Waals surface area (Å²) in [5, 5.41) is 34.0. The Morgan fingerprint density at radius 2 is 1.25 bits per heavy atom. The zero-order chi connectivity index (χ0) is 13.2. The molecule has 0 rings (SSSR count). The molecular formula is C6H18O8SSi. The summed E-state index contributed by atoms with van der Waals surface area (Å²) in [6.07, 6.45) is 1.48. The Hall–Kier alpha value is 0.247. The molecule has 0 aromatic heterocycles. The maximum absolute atomic E-state index is 8.50. The van der Waals surface area contributed by atoms with Crippen molar-refractivity contribution < 1.29 is 38.7 Å². The van der Waals surface area contributed by atoms with Crippen LogP contribution in [0.1, 0.15) is 0 Å². The Morgan fingerprint density at radius 1 is 0.938 bits per heavy atom. The molecule has 16 heavy (non-hydrogen) atoms. The predicted octanol–water partition coefficient (Wildman–Crippen LogP) is -3.36. The van der Waals surface area contributed by atoms with E-state index in [0.29, 0.717) is 0 Å². The first kappa shape index (κ1) is 18.6. The van der Waals surface area contributed by atoms with Crippen LogP contribution in [0, 0.1) is 5.41 Å². The first-order valence-corrected chi connectivity index (χ1v) is 7.03. The van der Waals surface area contributed by atoms with E-state index in [2.05, 4.69) is 3.87 Å². The molecule has 0 radical (unpaired) electrons. The highest BCUT2D eigenvalue weighted by molar-refractivity contribution is 7.94. The Balaban J connectivity index is 0. The fourth-order valence-electron chi connectivity index (χ4n) is 0.412. The number of hydrogen-bond donors (Lipinski definition) is 7. The van der Waals surface area contributed by atoms with Gasteiger partial charge in [0.1, 0.15) is 0 Å². The molecule has 0 saturated carbocycles. The number of rotatable bonds is 6. The van der Waals surface area contributed by atoms with E-state index < -0.39 is 40.9 Å². The molecule has 0 aromatic carbocycles. The minimum Gasteiger partial charge on any atom is -0.396 e. The van der Waals surface area contributed by atoms with Gasteiger partial charge in [-0.3, -0.25) is 3.87 Å². The van der Waals surface area contributed by atoms with E-state index in [1.807, 2.05) is 0 Å². The molecule has 0 spiro atoms. The van der Waals surface area contributed by atoms with Crippen LogP contribution in [0.3, 0.4) is 0 Å². The largest absolute Gasteiger partial charge is 0.682 e. The van der Waals surface area contributed by atoms with Crippen molar-refractivity contribution in [3.05, 3.63) is 0 Å². The van der Waals surface area contributed by atoms with Gasteiger partial charge in [-0.15, -0.1) is 0 Å². The number of aliphatic hydroxyl groups is 4. The van der Waals surface area contributed by atoms with Gasteiger partial charge in [-0.1, -0.05) is 0 Å². The molecule has 0 aliphatic heterocycles. The molecule has 0 saturated heterocycles. The minimum atomic E-state index is -4.19. The summed E-state index contributed by atoms with van der Waals surface area (Å²) >= 11 is 0.720. The SMILES string of the molecule is CSO[Si](O)(O)O.OCC(CO)(CO)CO. The van der Waals surface area contributed by atoms with Crippen LogP contribution < -0.4 is 0 Å². The molecule has 0 aliphatic carbocycles. The molecule has 0 amide bonds. The third-order valence-corrected chi connectivity index (χ3v) is 3.10. The fourth-order valence-corrected chi connectivity index (χ4v) is 1.31. The molecule has 0 bridgehead atoms. The Kier molecular flexibility index (Phi) is 10.8. The molecule has 0 unspecified atom stereocenters. The Bertz CT molecular complexity index is 142. The lowest BCUT2D eigenvalue weighted by Crippen LogP contribution is -2.37. The summed E-state index contributed by atoms with van der Waals surface area (Å²) in [5.74, 6) is 0. The van der Waals surface area contributed by atoms with Crippen LogP contribution in [-0.2, 0) is 3.87 Å². The average molecular weight is 278 g/mol. The predicted molar refractivity (Wildman–Crippen MR) is 57.8 cm³/mol. The standard InChI is InChI=1S/C5H12O4.CH6O4SSi/c6-1-5(2-7,3-8)4-9;1-6-5-7(2,3)4/h6-9H,1-4H2;2-4H,1H3. The molecule has 7 N–H and O–H groups in total. The molecule has 0 aliphatic rings. The highest BCUT2D eigenvalue weighted by atomic mass is 32.2. The van der Waals surface area contributed by atoms with E-state index in [1.54, 1.807) is 0 Å². The van der Waals surface area contributed by atoms with Gasteiger partial charge in [0.05, 0.1) is 31.8 Å². The lowest BCUT2D eigenvalue weighted by Gasteiger charge is -2.23. The number of aliphatic hydroxyl groups excluding tert-OH is 4. The molecule has 0 atom stereocenters. The summed E-state index contributed by atoms with van der Waals surface area (Å²) in [7, 11) is -4.19. The van der Waals surface area contributed by atoms with Crippen LogP contribution in [0.25, 0.3) is 0 Å². The summed E-state index contributed by atoms with van der Waals surface area (Å²) in [6.45, 7) is -1.62. The van der Waals surface area contributed by atoms with Gasteiger partial charge in [0, 0.05) is 6.26 Å². The van der Waals surface area contributed by atoms with Gasteiger partial charge in [0.15, 0.2) is 0 Å². The fraction of sp³-hybridized carbons (Fsp3) is 1.00. The van der Waals surface area contributed by atoms with Crippen LogP contribution in [-0.4, -0.2) is 76.5 Å². The average Bonchev–Trinajstić information content (AvgIpc) is 2.21. The second-order valence-electron chi connectivity index (χ2n) is 2.96. The minimum absolute atomic E-state index is 0.406. The van der Waals surface area contributed by atoms with Crippen molar-refractivity contribution in [3.8, 4) is 0 Å². The van der Waals surface area contributed by atoms with Gasteiger partial charge < -0.3 is 34.8 Å². The third-order valence-electron chi connectivity index (χ3n) is 1.54. The van der Waals surface area contributed by atoms with Gasteiger partial charge in [0.2, 0.25) is 0 Å². The molecule has 8 nitrogen and oxygen atoms in total. The van der Waals surface area contributed by atoms with Crippen molar-refractivity contribution in [2.24, 2.45) is 5.41 Å². The van der Waals surface area contributed by atoms with Gasteiger partial charge in [-0.2, -0.15) is 0 Å². The quantitative estimate of drug-likeness (QED) is 0.195. The normalized spacial score (nSPS) is 12.0. The second-order valence-corrected chi connectivity index (χ2v) is 5.10. The summed E-state index contributed by atoms with van der Waals surface area (Å²) in [5.41, 5.74) is -1.11. The monoisotopic (exact) mass is 278 g/mol. The highest BCUT2D eigenvalue weighted by Gasteiger charge is 2.30. The van der Waals surface area contributed by atoms with Gasteiger partial charge in [-0.05, 0) is 12.0 Å². The van der Waals surface area contributed by atoms with Crippen molar-refractivity contribution in [3.63, 3.8) is 0 Å². The van der Waals surface area contributed by atoms with E-state index in [4.69, 9.17) is 34.8 Å². The van der Waals surface area contributed by atoms with Crippen molar-refractivity contribution in [2.45, 2.75) is 0 Å². The van der Waals surface area contributed by atoms with Crippen LogP contribution in [0.4, 0.5) is 0 Å². The molecule has 100 valence electrons. The van der Waals surface area contributed by atoms with Crippen molar-refractivity contribution in [1.82, 2.24) is 0 Å². The Labute approximate surface area is 98.4 Å². The zero-order valence-electron chi connectivity index (χ0n) is 8.78. The smallest absolute Gasteiger partial charge is 0.396 e. The summed E-state index contributed by atoms with van der Waals surface area (Å²) < 4.78 is 3.95. The summed E-state index contributed by atoms with van der Waals surface area (Å²) in [4.78, 5) is 24.1. The third kappa shape index (κ3) is 9.47. The molecule has 0 heterocycles. The first-order chi connectivity index (χ1) is 7.30. The molecule has 0 aromatic rings. The lowest BCUT2D eigenvalue weighted by molar-refractivity contribution is -0.0328. The van der Waals surface area contributed by atoms with Crippen molar-refractivity contribution in [1.29, 1.82) is 0 Å². The first-order valence-electron chi connectivity index (χ1n) is 4.13. The van der Waals surface area contributed by atoms with E-state index in [-0.39, 0.29) is 0 Å². The van der Waals surface area contributed by atoms with Crippen LogP contribution >= 0.6 is 12.0 Å². The lowest BCUT2D eigenvalue weighted by atomic mass is 9.93. The highest BCUT2D eigenvalue weighted by Crippen LogP contribution is 2.11. The topological polar surface area (TPSA) is 151 Å². The van der Waals surface area contributed by atoms with Crippen molar-refractivity contribution >= 4 is 21.1 Å². The molecule has 10 heteroatoms. The van der Waals surface area contributed by atoms with Gasteiger partial charge in [-0.25, -0.2) is 0 Å². The van der Waals surface area contributed by atoms with Crippen LogP contribution in [0.5, 0.6) is 0 Å². The van der Waals surface area contributed by atoms with E-state index >= 15 is 0 Å². The van der Waals surface area contributed by atoms with E-state index in [1.165, 1.54) is 6.26 Å². The number of hydrogen-bond acceptors (Lipinski definition) is 9. The summed E-state index contributed by atoms with van der Waals surface area (Å²) in [6, 6.07) is 0. The van der Waals surface area contributed by atoms with E-state index in [0.717, 1.165) is 12.0 Å². The molecular weight excluding hydrogens is 260 g/mol. The maximum Gasteiger partial charge on any atom is 0.682 e. The van der Waals surface area contributed by atoms with Crippen LogP contribution in [0.2, 0.25) is 0 Å². The maximum atomic E-state index is 8.50. The van der Waals surface area contributed by atoms with Crippen molar-refractivity contribution in [2.75, 3.05) is 32.7 Å². The zero-order valence-corrected chi connectivity index (χ0v) is 10.6. The Morgan fingerprint density at radius 3 is 1.25 bits per heavy atom. The van der Waals surface area contributed by atoms with Gasteiger partial charge in [0.25, 0.3) is 0 Å². The van der Waals surface area contributed by atoms with Crippen LogP contribution in [0.15, 0.2) is 0 Å². The molecule has 0 fully saturated rings. The second kappa shape index (κ2) is 9.29. The van der Waals surface area contributed by atoms with Gasteiger partial charge >= 0.3 is 9.05 Å². The van der Waals surface area contributed by atoms with E-state index in [9.17, 15) is 0 Å².